The fourth-order valence-electron chi connectivity index (χ4n) is 2.68. The van der Waals surface area contributed by atoms with E-state index in [1.54, 1.807) is 62.3 Å². The number of esters is 4. The van der Waals surface area contributed by atoms with Crippen LogP contribution in [0.3, 0.4) is 0 Å². The Morgan fingerprint density at radius 2 is 1.03 bits per heavy atom. The molecule has 1 saturated heterocycles. The van der Waals surface area contributed by atoms with E-state index in [0.29, 0.717) is 0 Å². The molecule has 14 heteroatoms. The van der Waals surface area contributed by atoms with Gasteiger partial charge in [-0.05, 0) is 62.3 Å². The van der Waals surface area contributed by atoms with Gasteiger partial charge in [0.05, 0.1) is 23.4 Å². The van der Waals surface area contributed by atoms with Gasteiger partial charge in [-0.2, -0.15) is 0 Å². The summed E-state index contributed by atoms with van der Waals surface area (Å²) in [5.74, 6) is -4.36. The molecule has 0 radical (unpaired) electrons. The van der Waals surface area contributed by atoms with E-state index in [4.69, 9.17) is 68.6 Å². The van der Waals surface area contributed by atoms with Crippen molar-refractivity contribution in [3.63, 3.8) is 0 Å². The molecule has 0 aliphatic carbocycles. The third-order valence-corrected chi connectivity index (χ3v) is 5.50. The van der Waals surface area contributed by atoms with Crippen molar-refractivity contribution in [1.29, 1.82) is 5.41 Å². The van der Waals surface area contributed by atoms with Crippen molar-refractivity contribution in [1.82, 2.24) is 0 Å². The molecule has 0 amide bonds. The summed E-state index contributed by atoms with van der Waals surface area (Å²) in [4.78, 5) is 51.6. The van der Waals surface area contributed by atoms with E-state index in [0.717, 1.165) is 7.11 Å². The first-order chi connectivity index (χ1) is 16.9. The van der Waals surface area contributed by atoms with E-state index in [2.05, 4.69) is 0 Å². The minimum atomic E-state index is -2.37. The maximum atomic E-state index is 13.0. The van der Waals surface area contributed by atoms with Gasteiger partial charge in [0.15, 0.2) is 18.3 Å². The second-order valence-electron chi connectivity index (χ2n) is 11.8. The molecule has 1 aliphatic heterocycles. The smallest absolute Gasteiger partial charge is 0.339 e. The van der Waals surface area contributed by atoms with Crippen LogP contribution in [0, 0.1) is 21.7 Å². The van der Waals surface area contributed by atoms with Gasteiger partial charge in [-0.1, -0.05) is 34.8 Å². The van der Waals surface area contributed by atoms with Gasteiger partial charge < -0.3 is 28.4 Å². The Labute approximate surface area is 237 Å². The quantitative estimate of drug-likeness (QED) is 0.160. The molecule has 0 spiro atoms. The van der Waals surface area contributed by atoms with Crippen molar-refractivity contribution < 1.29 is 47.6 Å². The van der Waals surface area contributed by atoms with E-state index < -0.39 is 80.5 Å². The molecule has 38 heavy (non-hydrogen) atoms. The molecular weight excluding hydrogens is 569 g/mol. The average Bonchev–Trinajstić information content (AvgIpc) is 2.73. The highest BCUT2D eigenvalue weighted by Crippen LogP contribution is 2.36. The Kier molecular flexibility index (Phi) is 10.9. The van der Waals surface area contributed by atoms with Crippen molar-refractivity contribution in [3.8, 4) is 0 Å². The second-order valence-corrected chi connectivity index (χ2v) is 14.0. The Morgan fingerprint density at radius 1 is 0.658 bits per heavy atom. The first kappa shape index (κ1) is 34.2. The third kappa shape index (κ3) is 9.14. The lowest BCUT2D eigenvalue weighted by atomic mass is 9.93. The number of methoxy groups -OCH3 is 1. The normalized spacial score (nSPS) is 24.6. The standard InChI is InChI=1S/C24H36Cl3NO10/c1-21(2,3)18(30)35-11-12(36-19(31)22(4,5)6)14(37-20(32)23(7,8)9)16(34-13(11)15(29)33-10)38-17(28)24(25,26)27/h11-14,16,28H,1-10H3/t11-,12-,13-,14+,16-/m0/s1. The number of halogens is 3. The van der Waals surface area contributed by atoms with E-state index in [9.17, 15) is 19.2 Å². The summed E-state index contributed by atoms with van der Waals surface area (Å²) in [5.41, 5.74) is -3.19. The van der Waals surface area contributed by atoms with Crippen LogP contribution >= 0.6 is 34.8 Å². The summed E-state index contributed by atoms with van der Waals surface area (Å²) in [6, 6.07) is 0. The molecule has 5 atom stereocenters. The summed E-state index contributed by atoms with van der Waals surface area (Å²) in [5, 5.41) is 7.99. The summed E-state index contributed by atoms with van der Waals surface area (Å²) < 4.78 is 30.5. The van der Waals surface area contributed by atoms with Gasteiger partial charge in [0.1, 0.15) is 0 Å². The van der Waals surface area contributed by atoms with Gasteiger partial charge in [-0.3, -0.25) is 19.8 Å². The van der Waals surface area contributed by atoms with Crippen LogP contribution in [0.4, 0.5) is 0 Å². The predicted molar refractivity (Wildman–Crippen MR) is 138 cm³/mol. The lowest BCUT2D eigenvalue weighted by Gasteiger charge is -2.45. The number of hydrogen-bond acceptors (Lipinski definition) is 11. The molecule has 0 saturated carbocycles. The average molecular weight is 605 g/mol. The zero-order chi connectivity index (χ0) is 30.0. The molecule has 0 aromatic heterocycles. The SMILES string of the molecule is COC(=O)[C@H]1O[C@@H](OC(=N)C(Cl)(Cl)Cl)[C@H](OC(=O)C(C)(C)C)[C@@H](OC(=O)C(C)(C)C)[C@@H]1OC(=O)C(C)(C)C. The number of ether oxygens (including phenoxy) is 6. The summed E-state index contributed by atoms with van der Waals surface area (Å²) in [6.45, 7) is 14.0. The predicted octanol–water partition coefficient (Wildman–Crippen LogP) is 4.12. The lowest BCUT2D eigenvalue weighted by Crippen LogP contribution is -2.65. The minimum Gasteiger partial charge on any atom is -0.467 e. The highest BCUT2D eigenvalue weighted by Gasteiger charge is 2.58. The van der Waals surface area contributed by atoms with Crippen molar-refractivity contribution in [2.45, 2.75) is 96.8 Å². The Hall–Kier alpha value is -1.82. The molecule has 1 rings (SSSR count). The van der Waals surface area contributed by atoms with Crippen LogP contribution in [-0.2, 0) is 47.6 Å². The van der Waals surface area contributed by atoms with Gasteiger partial charge in [0.25, 0.3) is 3.79 Å². The van der Waals surface area contributed by atoms with Crippen LogP contribution in [0.5, 0.6) is 0 Å². The van der Waals surface area contributed by atoms with Crippen molar-refractivity contribution in [3.05, 3.63) is 0 Å². The number of carbonyl (C=O) groups is 4. The fraction of sp³-hybridized carbons (Fsp3) is 0.792. The van der Waals surface area contributed by atoms with E-state index >= 15 is 0 Å². The fourth-order valence-corrected chi connectivity index (χ4v) is 2.82. The topological polar surface area (TPSA) is 148 Å². The third-order valence-electron chi connectivity index (χ3n) is 4.99. The number of carbonyl (C=O) groups excluding carboxylic acids is 4. The zero-order valence-corrected chi connectivity index (χ0v) is 25.4. The van der Waals surface area contributed by atoms with Crippen LogP contribution in [-0.4, -0.2) is 71.4 Å². The van der Waals surface area contributed by atoms with Crippen LogP contribution in [0.1, 0.15) is 62.3 Å². The molecule has 0 unspecified atom stereocenters. The molecule has 0 aromatic carbocycles. The maximum absolute atomic E-state index is 13.0. The van der Waals surface area contributed by atoms with E-state index in [1.807, 2.05) is 0 Å². The van der Waals surface area contributed by atoms with Crippen LogP contribution in [0.25, 0.3) is 0 Å². The molecule has 218 valence electrons. The molecule has 1 N–H and O–H groups in total. The van der Waals surface area contributed by atoms with E-state index in [1.165, 1.54) is 0 Å². The second kappa shape index (κ2) is 12.1. The van der Waals surface area contributed by atoms with E-state index in [-0.39, 0.29) is 0 Å². The molecule has 1 fully saturated rings. The number of hydrogen-bond donors (Lipinski definition) is 1. The summed E-state index contributed by atoms with van der Waals surface area (Å²) in [6.07, 6.45) is -8.57. The molecular formula is C24H36Cl3NO10. The van der Waals surface area contributed by atoms with Gasteiger partial charge in [0, 0.05) is 0 Å². The number of alkyl halides is 3. The Balaban J connectivity index is 3.80. The van der Waals surface area contributed by atoms with Crippen molar-refractivity contribution in [2.75, 3.05) is 7.11 Å². The van der Waals surface area contributed by atoms with Gasteiger partial charge in [-0.25, -0.2) is 4.79 Å². The monoisotopic (exact) mass is 603 g/mol. The molecule has 0 bridgehead atoms. The van der Waals surface area contributed by atoms with Crippen molar-refractivity contribution >= 4 is 64.6 Å². The Bertz CT molecular complexity index is 928. The first-order valence-corrected chi connectivity index (χ1v) is 12.7. The van der Waals surface area contributed by atoms with Crippen LogP contribution < -0.4 is 0 Å². The van der Waals surface area contributed by atoms with Gasteiger partial charge >= 0.3 is 23.9 Å². The molecule has 0 aromatic rings. The first-order valence-electron chi connectivity index (χ1n) is 11.6. The summed E-state index contributed by atoms with van der Waals surface area (Å²) >= 11 is 17.3. The molecule has 11 nitrogen and oxygen atoms in total. The molecule has 1 aliphatic rings. The van der Waals surface area contributed by atoms with Crippen molar-refractivity contribution in [2.24, 2.45) is 16.2 Å². The van der Waals surface area contributed by atoms with Crippen LogP contribution in [0.2, 0.25) is 0 Å². The van der Waals surface area contributed by atoms with Gasteiger partial charge in [-0.15, -0.1) is 0 Å². The zero-order valence-electron chi connectivity index (χ0n) is 23.1. The number of rotatable bonds is 5. The highest BCUT2D eigenvalue weighted by atomic mass is 35.6. The lowest BCUT2D eigenvalue weighted by molar-refractivity contribution is -0.290. The van der Waals surface area contributed by atoms with Gasteiger partial charge in [0.2, 0.25) is 18.3 Å². The van der Waals surface area contributed by atoms with Crippen LogP contribution in [0.15, 0.2) is 0 Å². The maximum Gasteiger partial charge on any atom is 0.339 e. The summed E-state index contributed by atoms with van der Waals surface area (Å²) in [7, 11) is 1.05. The largest absolute Gasteiger partial charge is 0.467 e. The minimum absolute atomic E-state index is 0.786. The molecule has 1 heterocycles. The highest BCUT2D eigenvalue weighted by molar-refractivity contribution is 6.76. The Morgan fingerprint density at radius 3 is 1.37 bits per heavy atom. The number of nitrogens with one attached hydrogen (secondary N) is 1.